The molecule has 96 valence electrons. The molecule has 0 saturated carbocycles. The molecule has 5 nitrogen and oxygen atoms in total. The van der Waals surface area contributed by atoms with E-state index in [1.54, 1.807) is 0 Å². The molecule has 0 bridgehead atoms. The van der Waals surface area contributed by atoms with Gasteiger partial charge in [-0.05, 0) is 13.1 Å². The molecule has 2 aromatic heterocycles. The molecule has 1 N–H and O–H groups in total. The van der Waals surface area contributed by atoms with E-state index in [1.807, 2.05) is 50.4 Å². The third-order valence-electron chi connectivity index (χ3n) is 2.90. The Morgan fingerprint density at radius 2 is 2.17 bits per heavy atom. The third-order valence-corrected chi connectivity index (χ3v) is 2.90. The van der Waals surface area contributed by atoms with Crippen LogP contribution in [0.5, 0.6) is 0 Å². The lowest BCUT2D eigenvalue weighted by Crippen LogP contribution is -2.22. The Morgan fingerprint density at radius 1 is 1.33 bits per heavy atom. The van der Waals surface area contributed by atoms with Crippen LogP contribution in [0.15, 0.2) is 30.7 Å². The lowest BCUT2D eigenvalue weighted by molar-refractivity contribution is 0.743. The third kappa shape index (κ3) is 2.68. The van der Waals surface area contributed by atoms with Crippen LogP contribution in [0.4, 0.5) is 5.82 Å². The molecule has 0 spiro atoms. The van der Waals surface area contributed by atoms with Crippen LogP contribution < -0.4 is 10.2 Å². The van der Waals surface area contributed by atoms with Gasteiger partial charge in [-0.1, -0.05) is 6.07 Å². The largest absolute Gasteiger partial charge is 0.352 e. The molecule has 0 fully saturated rings. The Kier molecular flexibility index (Phi) is 3.94. The first-order chi connectivity index (χ1) is 8.72. The average molecular weight is 245 g/mol. The summed E-state index contributed by atoms with van der Waals surface area (Å²) in [4.78, 5) is 10.9. The fourth-order valence-corrected chi connectivity index (χ4v) is 1.94. The highest BCUT2D eigenvalue weighted by Crippen LogP contribution is 2.17. The maximum absolute atomic E-state index is 4.46. The summed E-state index contributed by atoms with van der Waals surface area (Å²) in [5.74, 6) is 2.02. The van der Waals surface area contributed by atoms with Gasteiger partial charge < -0.3 is 14.8 Å². The van der Waals surface area contributed by atoms with Crippen molar-refractivity contribution >= 4 is 5.82 Å². The molecule has 0 aliphatic rings. The minimum absolute atomic E-state index is 0.747. The molecular weight excluding hydrogens is 226 g/mol. The van der Waals surface area contributed by atoms with E-state index in [0.717, 1.165) is 24.7 Å². The minimum Gasteiger partial charge on any atom is -0.352 e. The smallest absolute Gasteiger partial charge is 0.133 e. The number of anilines is 1. The van der Waals surface area contributed by atoms with Gasteiger partial charge in [-0.2, -0.15) is 0 Å². The van der Waals surface area contributed by atoms with Gasteiger partial charge in [0.05, 0.1) is 6.54 Å². The van der Waals surface area contributed by atoms with Crippen molar-refractivity contribution in [3.8, 4) is 0 Å². The second-order valence-corrected chi connectivity index (χ2v) is 4.33. The lowest BCUT2D eigenvalue weighted by Gasteiger charge is -2.20. The van der Waals surface area contributed by atoms with E-state index in [0.29, 0.717) is 0 Å². The van der Waals surface area contributed by atoms with Crippen LogP contribution in [-0.2, 0) is 20.1 Å². The summed E-state index contributed by atoms with van der Waals surface area (Å²) < 4.78 is 2.02. The Balaban J connectivity index is 2.18. The fraction of sp³-hybridized carbons (Fsp3) is 0.385. The summed E-state index contributed by atoms with van der Waals surface area (Å²) in [7, 11) is 5.98. The molecule has 18 heavy (non-hydrogen) atoms. The van der Waals surface area contributed by atoms with E-state index < -0.39 is 0 Å². The van der Waals surface area contributed by atoms with E-state index in [4.69, 9.17) is 0 Å². The molecule has 2 heterocycles. The summed E-state index contributed by atoms with van der Waals surface area (Å²) >= 11 is 0. The summed E-state index contributed by atoms with van der Waals surface area (Å²) in [6, 6.07) is 4.05. The first-order valence-electron chi connectivity index (χ1n) is 5.98. The van der Waals surface area contributed by atoms with E-state index >= 15 is 0 Å². The van der Waals surface area contributed by atoms with Crippen LogP contribution in [0.3, 0.4) is 0 Å². The van der Waals surface area contributed by atoms with Crippen LogP contribution >= 0.6 is 0 Å². The Morgan fingerprint density at radius 3 is 2.83 bits per heavy atom. The van der Waals surface area contributed by atoms with Crippen molar-refractivity contribution in [1.29, 1.82) is 0 Å². The molecule has 0 amide bonds. The second-order valence-electron chi connectivity index (χ2n) is 4.33. The standard InChI is InChI=1S/C13H19N5/c1-14-9-11-5-4-6-16-13(11)18(3)10-12-15-7-8-17(12)2/h4-8,14H,9-10H2,1-3H3. The van der Waals surface area contributed by atoms with Gasteiger partial charge >= 0.3 is 0 Å². The predicted octanol–water partition coefficient (Wildman–Crippen LogP) is 1.17. The van der Waals surface area contributed by atoms with Crippen molar-refractivity contribution in [3.05, 3.63) is 42.1 Å². The maximum atomic E-state index is 4.46. The number of nitrogens with one attached hydrogen (secondary N) is 1. The highest BCUT2D eigenvalue weighted by Gasteiger charge is 2.10. The van der Waals surface area contributed by atoms with E-state index in [9.17, 15) is 0 Å². The van der Waals surface area contributed by atoms with Gasteiger partial charge in [0.2, 0.25) is 0 Å². The van der Waals surface area contributed by atoms with Gasteiger partial charge in [0.1, 0.15) is 11.6 Å². The Hall–Kier alpha value is -1.88. The molecule has 0 aliphatic heterocycles. The van der Waals surface area contributed by atoms with E-state index in [-0.39, 0.29) is 0 Å². The van der Waals surface area contributed by atoms with Crippen molar-refractivity contribution < 1.29 is 0 Å². The lowest BCUT2D eigenvalue weighted by atomic mass is 10.2. The number of pyridine rings is 1. The molecule has 0 saturated heterocycles. The second kappa shape index (κ2) is 5.64. The number of aromatic nitrogens is 3. The van der Waals surface area contributed by atoms with E-state index in [1.165, 1.54) is 5.56 Å². The van der Waals surface area contributed by atoms with Crippen LogP contribution in [0.25, 0.3) is 0 Å². The van der Waals surface area contributed by atoms with Crippen molar-refractivity contribution in [1.82, 2.24) is 19.9 Å². The highest BCUT2D eigenvalue weighted by molar-refractivity contribution is 5.45. The number of imidazole rings is 1. The topological polar surface area (TPSA) is 46.0 Å². The predicted molar refractivity (Wildman–Crippen MR) is 72.3 cm³/mol. The zero-order valence-electron chi connectivity index (χ0n) is 11.1. The molecule has 2 rings (SSSR count). The van der Waals surface area contributed by atoms with Crippen molar-refractivity contribution in [2.24, 2.45) is 7.05 Å². The molecule has 0 aliphatic carbocycles. The molecule has 5 heteroatoms. The van der Waals surface area contributed by atoms with Crippen molar-refractivity contribution in [2.75, 3.05) is 19.0 Å². The summed E-state index contributed by atoms with van der Waals surface area (Å²) in [5.41, 5.74) is 1.19. The van der Waals surface area contributed by atoms with Crippen LogP contribution in [-0.4, -0.2) is 28.6 Å². The number of rotatable bonds is 5. The van der Waals surface area contributed by atoms with Gasteiger partial charge in [-0.15, -0.1) is 0 Å². The number of aryl methyl sites for hydroxylation is 1. The summed E-state index contributed by atoms with van der Waals surface area (Å²) in [5, 5.41) is 3.16. The minimum atomic E-state index is 0.747. The zero-order valence-corrected chi connectivity index (χ0v) is 11.1. The van der Waals surface area contributed by atoms with Crippen molar-refractivity contribution in [3.63, 3.8) is 0 Å². The monoisotopic (exact) mass is 245 g/mol. The molecular formula is C13H19N5. The number of hydrogen-bond donors (Lipinski definition) is 1. The van der Waals surface area contributed by atoms with Gasteiger partial charge in [-0.25, -0.2) is 9.97 Å². The normalized spacial score (nSPS) is 10.6. The molecule has 0 aromatic carbocycles. The van der Waals surface area contributed by atoms with Crippen molar-refractivity contribution in [2.45, 2.75) is 13.1 Å². The summed E-state index contributed by atoms with van der Waals surface area (Å²) in [6.07, 6.45) is 5.59. The quantitative estimate of drug-likeness (QED) is 0.859. The molecule has 0 atom stereocenters. The van der Waals surface area contributed by atoms with E-state index in [2.05, 4.69) is 26.3 Å². The van der Waals surface area contributed by atoms with Crippen LogP contribution in [0.1, 0.15) is 11.4 Å². The summed E-state index contributed by atoms with van der Waals surface area (Å²) in [6.45, 7) is 1.56. The van der Waals surface area contributed by atoms with Crippen LogP contribution in [0.2, 0.25) is 0 Å². The fourth-order valence-electron chi connectivity index (χ4n) is 1.94. The number of nitrogens with zero attached hydrogens (tertiary/aromatic N) is 4. The zero-order chi connectivity index (χ0) is 13.0. The first-order valence-corrected chi connectivity index (χ1v) is 5.98. The Labute approximate surface area is 107 Å². The van der Waals surface area contributed by atoms with Crippen LogP contribution in [0, 0.1) is 0 Å². The Bertz CT molecular complexity index is 506. The van der Waals surface area contributed by atoms with Gasteiger partial charge in [0.15, 0.2) is 0 Å². The molecule has 0 radical (unpaired) electrons. The van der Waals surface area contributed by atoms with Gasteiger partial charge in [0.25, 0.3) is 0 Å². The number of hydrogen-bond acceptors (Lipinski definition) is 4. The van der Waals surface area contributed by atoms with Gasteiger partial charge in [0, 0.05) is 44.8 Å². The SMILES string of the molecule is CNCc1cccnc1N(C)Cc1nccn1C. The maximum Gasteiger partial charge on any atom is 0.133 e. The first kappa shape index (κ1) is 12.6. The molecule has 0 unspecified atom stereocenters. The highest BCUT2D eigenvalue weighted by atomic mass is 15.2. The van der Waals surface area contributed by atoms with Gasteiger partial charge in [-0.3, -0.25) is 0 Å². The average Bonchev–Trinajstić information content (AvgIpc) is 2.76. The molecule has 2 aromatic rings.